The zero-order chi connectivity index (χ0) is 17.5. The molecule has 8 heteroatoms. The van der Waals surface area contributed by atoms with Crippen molar-refractivity contribution in [3.05, 3.63) is 28.3 Å². The van der Waals surface area contributed by atoms with Gasteiger partial charge >= 0.3 is 6.18 Å². The summed E-state index contributed by atoms with van der Waals surface area (Å²) in [5.74, 6) is -0.121. The Morgan fingerprint density at radius 1 is 1.42 bits per heavy atom. The molecule has 0 radical (unpaired) electrons. The van der Waals surface area contributed by atoms with Crippen molar-refractivity contribution in [3.63, 3.8) is 0 Å². The van der Waals surface area contributed by atoms with Crippen LogP contribution >= 0.6 is 11.3 Å². The number of pyridine rings is 1. The number of nitrogens with one attached hydrogen (secondary N) is 1. The molecule has 1 atom stereocenters. The van der Waals surface area contributed by atoms with Crippen LogP contribution in [0, 0.1) is 6.92 Å². The topological polar surface area (TPSA) is 45.2 Å². The fourth-order valence-corrected chi connectivity index (χ4v) is 4.15. The van der Waals surface area contributed by atoms with Gasteiger partial charge in [-0.2, -0.15) is 13.2 Å². The van der Waals surface area contributed by atoms with Gasteiger partial charge in [0.25, 0.3) is 5.91 Å². The van der Waals surface area contributed by atoms with E-state index in [9.17, 15) is 18.0 Å². The summed E-state index contributed by atoms with van der Waals surface area (Å²) < 4.78 is 38.4. The molecule has 2 aromatic rings. The predicted molar refractivity (Wildman–Crippen MR) is 87.3 cm³/mol. The summed E-state index contributed by atoms with van der Waals surface area (Å²) in [4.78, 5) is 19.0. The van der Waals surface area contributed by atoms with Gasteiger partial charge in [0.15, 0.2) is 0 Å². The zero-order valence-corrected chi connectivity index (χ0v) is 14.2. The first-order valence-electron chi connectivity index (χ1n) is 7.75. The highest BCUT2D eigenvalue weighted by Crippen LogP contribution is 2.35. The molecule has 1 fully saturated rings. The molecular weight excluding hydrogens is 339 g/mol. The molecule has 1 amide bonds. The lowest BCUT2D eigenvalue weighted by Gasteiger charge is -2.32. The number of likely N-dealkylation sites (N-methyl/N-ethyl adjacent to an activating group) is 1. The highest BCUT2D eigenvalue weighted by molar-refractivity contribution is 7.20. The van der Waals surface area contributed by atoms with Crippen LogP contribution in [0.1, 0.15) is 33.8 Å². The van der Waals surface area contributed by atoms with Crippen molar-refractivity contribution in [3.8, 4) is 0 Å². The number of fused-ring (bicyclic) bond motifs is 1. The van der Waals surface area contributed by atoms with Crippen LogP contribution in [0.3, 0.4) is 0 Å². The monoisotopic (exact) mass is 357 g/mol. The van der Waals surface area contributed by atoms with Gasteiger partial charge in [-0.15, -0.1) is 11.3 Å². The van der Waals surface area contributed by atoms with E-state index in [1.807, 2.05) is 7.05 Å². The number of amides is 1. The molecule has 1 unspecified atom stereocenters. The maximum atomic E-state index is 12.8. The lowest BCUT2D eigenvalue weighted by molar-refractivity contribution is -0.140. The largest absolute Gasteiger partial charge is 0.433 e. The molecule has 130 valence electrons. The molecule has 1 aliphatic rings. The Kier molecular flexibility index (Phi) is 4.52. The fourth-order valence-electron chi connectivity index (χ4n) is 3.00. The third-order valence-electron chi connectivity index (χ3n) is 4.41. The number of halogens is 3. The van der Waals surface area contributed by atoms with E-state index in [1.165, 1.54) is 6.07 Å². The molecule has 3 rings (SSSR count). The first-order valence-corrected chi connectivity index (χ1v) is 8.56. The van der Waals surface area contributed by atoms with E-state index in [2.05, 4.69) is 10.3 Å². The van der Waals surface area contributed by atoms with Crippen LogP contribution in [-0.2, 0) is 6.18 Å². The van der Waals surface area contributed by atoms with Crippen LogP contribution in [0.4, 0.5) is 13.2 Å². The first kappa shape index (κ1) is 17.2. The molecular formula is C16H18F3N3OS. The SMILES string of the molecule is CNC1CCCN(C(=O)c2sc3nc(C(F)(F)F)ccc3c2C)C1. The Morgan fingerprint density at radius 3 is 2.83 bits per heavy atom. The summed E-state index contributed by atoms with van der Waals surface area (Å²) in [5.41, 5.74) is -0.226. The third kappa shape index (κ3) is 3.12. The molecule has 0 aromatic carbocycles. The molecule has 24 heavy (non-hydrogen) atoms. The van der Waals surface area contributed by atoms with Crippen molar-refractivity contribution in [2.45, 2.75) is 32.0 Å². The number of alkyl halides is 3. The van der Waals surface area contributed by atoms with Crippen LogP contribution in [-0.4, -0.2) is 42.0 Å². The van der Waals surface area contributed by atoms with E-state index >= 15 is 0 Å². The third-order valence-corrected chi connectivity index (χ3v) is 5.59. The van der Waals surface area contributed by atoms with E-state index in [4.69, 9.17) is 0 Å². The second-order valence-corrected chi connectivity index (χ2v) is 6.98. The fraction of sp³-hybridized carbons (Fsp3) is 0.500. The summed E-state index contributed by atoms with van der Waals surface area (Å²) in [6.45, 7) is 3.05. The van der Waals surface area contributed by atoms with E-state index in [1.54, 1.807) is 11.8 Å². The number of hydrogen-bond donors (Lipinski definition) is 1. The van der Waals surface area contributed by atoms with E-state index in [0.29, 0.717) is 28.9 Å². The second kappa shape index (κ2) is 6.33. The number of carbonyl (C=O) groups excluding carboxylic acids is 1. The standard InChI is InChI=1S/C16H18F3N3OS/c1-9-11-5-6-12(16(17,18)19)21-14(11)24-13(9)15(23)22-7-3-4-10(8-22)20-2/h5-6,10,20H,3-4,7-8H2,1-2H3. The maximum Gasteiger partial charge on any atom is 0.433 e. The minimum absolute atomic E-state index is 0.121. The summed E-state index contributed by atoms with van der Waals surface area (Å²) in [6.07, 6.45) is -2.55. The Morgan fingerprint density at radius 2 is 2.17 bits per heavy atom. The Balaban J connectivity index is 1.94. The molecule has 0 aliphatic carbocycles. The van der Waals surface area contributed by atoms with Crippen LogP contribution in [0.5, 0.6) is 0 Å². The highest BCUT2D eigenvalue weighted by atomic mass is 32.1. The Bertz CT molecular complexity index is 772. The lowest BCUT2D eigenvalue weighted by Crippen LogP contribution is -2.46. The smallest absolute Gasteiger partial charge is 0.336 e. The maximum absolute atomic E-state index is 12.8. The van der Waals surface area contributed by atoms with E-state index < -0.39 is 11.9 Å². The number of piperidine rings is 1. The number of carbonyl (C=O) groups is 1. The Labute approximate surface area is 141 Å². The van der Waals surface area contributed by atoms with Crippen LogP contribution in [0.15, 0.2) is 12.1 Å². The average Bonchev–Trinajstić information content (AvgIpc) is 2.90. The van der Waals surface area contributed by atoms with Crippen molar-refractivity contribution in [1.29, 1.82) is 0 Å². The number of hydrogen-bond acceptors (Lipinski definition) is 4. The van der Waals surface area contributed by atoms with Gasteiger partial charge in [0.1, 0.15) is 10.5 Å². The highest BCUT2D eigenvalue weighted by Gasteiger charge is 2.33. The minimum atomic E-state index is -4.48. The van der Waals surface area contributed by atoms with Gasteiger partial charge in [0.05, 0.1) is 4.88 Å². The zero-order valence-electron chi connectivity index (χ0n) is 13.4. The van der Waals surface area contributed by atoms with E-state index in [0.717, 1.165) is 30.2 Å². The van der Waals surface area contributed by atoms with Crippen LogP contribution in [0.25, 0.3) is 10.2 Å². The number of likely N-dealkylation sites (tertiary alicyclic amines) is 1. The number of aryl methyl sites for hydroxylation is 1. The molecule has 4 nitrogen and oxygen atoms in total. The first-order chi connectivity index (χ1) is 11.3. The van der Waals surface area contributed by atoms with Crippen LogP contribution in [0.2, 0.25) is 0 Å². The number of aromatic nitrogens is 1. The van der Waals surface area contributed by atoms with Crippen molar-refractivity contribution >= 4 is 27.5 Å². The molecule has 0 spiro atoms. The molecule has 1 N–H and O–H groups in total. The summed E-state index contributed by atoms with van der Waals surface area (Å²) in [7, 11) is 1.87. The normalized spacial score (nSPS) is 19.0. The molecule has 3 heterocycles. The van der Waals surface area contributed by atoms with Gasteiger partial charge in [-0.1, -0.05) is 0 Å². The van der Waals surface area contributed by atoms with Crippen molar-refractivity contribution in [2.24, 2.45) is 0 Å². The van der Waals surface area contributed by atoms with Gasteiger partial charge in [-0.25, -0.2) is 4.98 Å². The average molecular weight is 357 g/mol. The van der Waals surface area contributed by atoms with Gasteiger partial charge in [0.2, 0.25) is 0 Å². The molecule has 2 aromatic heterocycles. The molecule has 1 aliphatic heterocycles. The van der Waals surface area contributed by atoms with Gasteiger partial charge in [0, 0.05) is 24.5 Å². The molecule has 1 saturated heterocycles. The summed E-state index contributed by atoms with van der Waals surface area (Å²) in [5, 5.41) is 3.79. The number of thiophene rings is 1. The number of rotatable bonds is 2. The molecule has 0 saturated carbocycles. The minimum Gasteiger partial charge on any atom is -0.336 e. The lowest BCUT2D eigenvalue weighted by atomic mass is 10.1. The van der Waals surface area contributed by atoms with E-state index in [-0.39, 0.29) is 16.8 Å². The summed E-state index contributed by atoms with van der Waals surface area (Å²) >= 11 is 1.04. The van der Waals surface area contributed by atoms with Crippen molar-refractivity contribution in [2.75, 3.05) is 20.1 Å². The van der Waals surface area contributed by atoms with Gasteiger partial charge in [-0.3, -0.25) is 4.79 Å². The van der Waals surface area contributed by atoms with Crippen molar-refractivity contribution in [1.82, 2.24) is 15.2 Å². The molecule has 0 bridgehead atoms. The number of nitrogens with zero attached hydrogens (tertiary/aromatic N) is 2. The van der Waals surface area contributed by atoms with Gasteiger partial charge in [-0.05, 0) is 44.5 Å². The predicted octanol–water partition coefficient (Wildman–Crippen LogP) is 3.45. The Hall–Kier alpha value is -1.67. The quantitative estimate of drug-likeness (QED) is 0.895. The van der Waals surface area contributed by atoms with Crippen LogP contribution < -0.4 is 5.32 Å². The summed E-state index contributed by atoms with van der Waals surface area (Å²) in [6, 6.07) is 2.63. The second-order valence-electron chi connectivity index (χ2n) is 5.98. The van der Waals surface area contributed by atoms with Gasteiger partial charge < -0.3 is 10.2 Å². The van der Waals surface area contributed by atoms with Crippen molar-refractivity contribution < 1.29 is 18.0 Å².